The van der Waals surface area contributed by atoms with Crippen molar-refractivity contribution in [3.05, 3.63) is 124 Å². The summed E-state index contributed by atoms with van der Waals surface area (Å²) >= 11 is 0. The fourth-order valence-corrected chi connectivity index (χ4v) is 7.63. The number of fused-ring (bicyclic) bond motifs is 2. The smallest absolute Gasteiger partial charge is 0.412 e. The number of aromatic nitrogens is 3. The lowest BCUT2D eigenvalue weighted by Crippen LogP contribution is -2.44. The number of phenols is 1. The number of carboxylic acid groups (broad SMARTS) is 1. The first kappa shape index (κ1) is 35.9. The molecule has 11 nitrogen and oxygen atoms in total. The summed E-state index contributed by atoms with van der Waals surface area (Å²) in [5.74, 6) is -0.0394. The van der Waals surface area contributed by atoms with Crippen molar-refractivity contribution in [2.24, 2.45) is 5.73 Å². The van der Waals surface area contributed by atoms with E-state index in [1.54, 1.807) is 17.0 Å². The Bertz CT molecular complexity index is 2260. The van der Waals surface area contributed by atoms with E-state index in [4.69, 9.17) is 5.73 Å². The van der Waals surface area contributed by atoms with Crippen molar-refractivity contribution in [1.82, 2.24) is 19.9 Å². The quantitative estimate of drug-likeness (QED) is 0.0706. The van der Waals surface area contributed by atoms with Crippen LogP contribution in [-0.2, 0) is 19.5 Å². The van der Waals surface area contributed by atoms with E-state index in [0.29, 0.717) is 23.0 Å². The number of phenolic OH excluding ortho intramolecular Hbond substituents is 1. The van der Waals surface area contributed by atoms with Crippen LogP contribution >= 0.6 is 0 Å². The van der Waals surface area contributed by atoms with Gasteiger partial charge in [-0.15, -0.1) is 0 Å². The van der Waals surface area contributed by atoms with Crippen molar-refractivity contribution in [3.63, 3.8) is 0 Å². The van der Waals surface area contributed by atoms with Crippen LogP contribution in [0.4, 0.5) is 10.5 Å². The van der Waals surface area contributed by atoms with Gasteiger partial charge < -0.3 is 35.9 Å². The Kier molecular flexibility index (Phi) is 10.9. The van der Waals surface area contributed by atoms with E-state index in [1.807, 2.05) is 36.7 Å². The Labute approximate surface area is 307 Å². The number of benzene rings is 4. The van der Waals surface area contributed by atoms with Gasteiger partial charge in [0.15, 0.2) is 0 Å². The lowest BCUT2D eigenvalue weighted by Gasteiger charge is -2.35. The molecule has 1 saturated carbocycles. The second kappa shape index (κ2) is 16.0. The minimum atomic E-state index is -0.925. The molecule has 0 aliphatic heterocycles. The van der Waals surface area contributed by atoms with E-state index in [0.717, 1.165) is 90.5 Å². The zero-order valence-electron chi connectivity index (χ0n) is 29.6. The number of H-pyrrole nitrogens is 1. The molecule has 0 radical (unpaired) electrons. The van der Waals surface area contributed by atoms with Crippen LogP contribution in [0.15, 0.2) is 102 Å². The molecule has 0 spiro atoms. The molecule has 2 aromatic heterocycles. The molecule has 0 saturated heterocycles. The summed E-state index contributed by atoms with van der Waals surface area (Å²) < 4.78 is 2.17. The normalized spacial score (nSPS) is 16.6. The van der Waals surface area contributed by atoms with Gasteiger partial charge in [-0.1, -0.05) is 54.6 Å². The number of nitrogens with one attached hydrogen (secondary N) is 2. The molecule has 2 heterocycles. The fourth-order valence-electron chi connectivity index (χ4n) is 7.63. The molecule has 7 rings (SSSR count). The Morgan fingerprint density at radius 3 is 2.55 bits per heavy atom. The van der Waals surface area contributed by atoms with Gasteiger partial charge in [0.1, 0.15) is 5.75 Å². The zero-order valence-corrected chi connectivity index (χ0v) is 29.6. The number of aromatic amines is 1. The fraction of sp³-hybridized carbons (Fsp3) is 0.310. The summed E-state index contributed by atoms with van der Waals surface area (Å²) in [7, 11) is 0. The average molecular weight is 715 g/mol. The van der Waals surface area contributed by atoms with E-state index >= 15 is 0 Å². The van der Waals surface area contributed by atoms with Crippen LogP contribution in [0.25, 0.3) is 33.1 Å². The number of unbranched alkanes of at least 4 members (excludes halogenated alkanes) is 1. The van der Waals surface area contributed by atoms with Crippen molar-refractivity contribution in [3.8, 4) is 16.9 Å². The third-order valence-electron chi connectivity index (χ3n) is 10.5. The van der Waals surface area contributed by atoms with Gasteiger partial charge in [0.25, 0.3) is 0 Å². The number of aromatic hydroxyl groups is 1. The highest BCUT2D eigenvalue weighted by atomic mass is 16.4. The van der Waals surface area contributed by atoms with E-state index in [1.165, 1.54) is 12.1 Å². The largest absolute Gasteiger partial charge is 0.506 e. The molecule has 1 atom stereocenters. The Balaban J connectivity index is 0.966. The lowest BCUT2D eigenvalue weighted by molar-refractivity contribution is 0.176. The van der Waals surface area contributed by atoms with Gasteiger partial charge in [-0.05, 0) is 97.5 Å². The number of nitrogens with two attached hydrogens (primary N) is 1. The molecule has 6 aromatic rings. The monoisotopic (exact) mass is 714 g/mol. The number of pyridine rings is 1. The van der Waals surface area contributed by atoms with Crippen molar-refractivity contribution in [2.75, 3.05) is 11.4 Å². The maximum absolute atomic E-state index is 12.7. The van der Waals surface area contributed by atoms with Crippen molar-refractivity contribution >= 4 is 33.7 Å². The molecule has 1 amide bonds. The summed E-state index contributed by atoms with van der Waals surface area (Å²) in [6.07, 6.45) is 5.98. The molecule has 1 aliphatic rings. The number of anilines is 1. The summed E-state index contributed by atoms with van der Waals surface area (Å²) in [5.41, 5.74) is 13.5. The van der Waals surface area contributed by atoms with Crippen LogP contribution in [0.3, 0.4) is 0 Å². The number of rotatable bonds is 13. The highest BCUT2D eigenvalue weighted by Crippen LogP contribution is 2.37. The predicted octanol–water partition coefficient (Wildman–Crippen LogP) is 6.85. The molecular weight excluding hydrogens is 668 g/mol. The first-order chi connectivity index (χ1) is 25.7. The average Bonchev–Trinajstić information content (AvgIpc) is 3.57. The molecule has 4 aromatic carbocycles. The standard InChI is InChI=1S/C42H46N6O5/c43-30-11-13-31(14-12-30)48(42(52)53)37-23-27(9-15-32(37)29-7-2-1-3-8-29)6-4-5-21-47-26-45-35-22-28(10-18-36(35)47)24-44-25-39(50)33-16-19-38(49)41-34(33)17-20-40(51)46-41/h1-3,7-10,15-20,22-23,26,30-31,39,44,49-50H,4-6,11-14,21,24-25,43H2,(H,46,51)(H,52,53)/t30?,31?,39-/m0/s1. The van der Waals surface area contributed by atoms with Gasteiger partial charge in [-0.2, -0.15) is 0 Å². The third kappa shape index (κ3) is 8.12. The van der Waals surface area contributed by atoms with Gasteiger partial charge in [0, 0.05) is 48.7 Å². The number of nitrogens with zero attached hydrogens (tertiary/aromatic N) is 3. The highest BCUT2D eigenvalue weighted by molar-refractivity contribution is 5.94. The lowest BCUT2D eigenvalue weighted by atomic mass is 9.89. The summed E-state index contributed by atoms with van der Waals surface area (Å²) in [6, 6.07) is 28.6. The van der Waals surface area contributed by atoms with Crippen LogP contribution in [-0.4, -0.2) is 54.6 Å². The summed E-state index contributed by atoms with van der Waals surface area (Å²) in [4.78, 5) is 33.4. The van der Waals surface area contributed by atoms with Crippen molar-refractivity contribution in [1.29, 1.82) is 0 Å². The number of aliphatic hydroxyl groups is 1. The second-order valence-electron chi connectivity index (χ2n) is 14.1. The topological polar surface area (TPSA) is 170 Å². The molecule has 0 unspecified atom stereocenters. The third-order valence-corrected chi connectivity index (χ3v) is 10.5. The predicted molar refractivity (Wildman–Crippen MR) is 208 cm³/mol. The van der Waals surface area contributed by atoms with Gasteiger partial charge in [0.05, 0.1) is 34.7 Å². The molecule has 7 N–H and O–H groups in total. The van der Waals surface area contributed by atoms with Crippen molar-refractivity contribution < 1.29 is 20.1 Å². The summed E-state index contributed by atoms with van der Waals surface area (Å²) in [5, 5.41) is 35.4. The van der Waals surface area contributed by atoms with Gasteiger partial charge in [-0.3, -0.25) is 9.69 Å². The number of hydrogen-bond acceptors (Lipinski definition) is 7. The Hall–Kier alpha value is -5.49. The van der Waals surface area contributed by atoms with E-state index < -0.39 is 12.2 Å². The van der Waals surface area contributed by atoms with Crippen LogP contribution in [0.2, 0.25) is 0 Å². The molecule has 53 heavy (non-hydrogen) atoms. The molecule has 11 heteroatoms. The van der Waals surface area contributed by atoms with E-state index in [2.05, 4.69) is 56.3 Å². The number of carbonyl (C=O) groups is 1. The maximum atomic E-state index is 12.7. The van der Waals surface area contributed by atoms with Gasteiger partial charge >= 0.3 is 6.09 Å². The zero-order chi connectivity index (χ0) is 36.9. The first-order valence-electron chi connectivity index (χ1n) is 18.4. The Morgan fingerprint density at radius 2 is 1.75 bits per heavy atom. The van der Waals surface area contributed by atoms with Crippen LogP contribution in [0.5, 0.6) is 5.75 Å². The van der Waals surface area contributed by atoms with Crippen LogP contribution in [0.1, 0.15) is 61.3 Å². The van der Waals surface area contributed by atoms with Crippen LogP contribution in [0, 0.1) is 0 Å². The van der Waals surface area contributed by atoms with Gasteiger partial charge in [-0.25, -0.2) is 9.78 Å². The summed E-state index contributed by atoms with van der Waals surface area (Å²) in [6.45, 7) is 1.63. The van der Waals surface area contributed by atoms with Crippen molar-refractivity contribution in [2.45, 2.75) is 76.2 Å². The number of aryl methyl sites for hydroxylation is 2. The Morgan fingerprint density at radius 1 is 0.962 bits per heavy atom. The molecular formula is C42H46N6O5. The molecule has 1 aliphatic carbocycles. The first-order valence-corrected chi connectivity index (χ1v) is 18.4. The number of aliphatic hydroxyl groups excluding tert-OH is 1. The van der Waals surface area contributed by atoms with Crippen LogP contribution < -0.4 is 21.5 Å². The highest BCUT2D eigenvalue weighted by Gasteiger charge is 2.30. The molecule has 274 valence electrons. The van der Waals surface area contributed by atoms with Gasteiger partial charge in [0.2, 0.25) is 5.56 Å². The number of hydrogen-bond donors (Lipinski definition) is 6. The molecule has 0 bridgehead atoms. The number of amides is 1. The SMILES string of the molecule is NC1CCC(N(C(=O)O)c2cc(CCCCn3cnc4cc(CNC[C@H](O)c5ccc(O)c6[nH]c(=O)ccc56)ccc43)ccc2-c2ccccc2)CC1. The minimum Gasteiger partial charge on any atom is -0.506 e. The van der Waals surface area contributed by atoms with E-state index in [-0.39, 0.29) is 29.9 Å². The maximum Gasteiger partial charge on any atom is 0.412 e. The van der Waals surface area contributed by atoms with E-state index in [9.17, 15) is 24.9 Å². The minimum absolute atomic E-state index is 0.0394. The second-order valence-corrected chi connectivity index (χ2v) is 14.1. The molecule has 1 fully saturated rings. The number of imidazole rings is 1.